The third-order valence-electron chi connectivity index (χ3n) is 6.61. The van der Waals surface area contributed by atoms with Crippen LogP contribution in [0.4, 0.5) is 0 Å². The molecule has 3 heterocycles. The summed E-state index contributed by atoms with van der Waals surface area (Å²) in [6.45, 7) is 2.52. The molecule has 3 unspecified atom stereocenters. The van der Waals surface area contributed by atoms with Crippen molar-refractivity contribution in [2.24, 2.45) is 5.92 Å². The Morgan fingerprint density at radius 2 is 2.00 bits per heavy atom. The first-order valence-electron chi connectivity index (χ1n) is 9.08. The van der Waals surface area contributed by atoms with Crippen LogP contribution in [0.15, 0.2) is 4.63 Å². The number of morpholine rings is 1. The Bertz CT molecular complexity index is 743. The van der Waals surface area contributed by atoms with Crippen molar-refractivity contribution in [2.75, 3.05) is 26.3 Å². The summed E-state index contributed by atoms with van der Waals surface area (Å²) in [5.74, 6) is -0.316. The summed E-state index contributed by atoms with van der Waals surface area (Å²) in [6, 6.07) is 0. The van der Waals surface area contributed by atoms with Crippen LogP contribution in [0.2, 0.25) is 0 Å². The van der Waals surface area contributed by atoms with E-state index in [2.05, 4.69) is 10.1 Å². The van der Waals surface area contributed by atoms with E-state index in [0.29, 0.717) is 61.9 Å². The number of hydroxylamine groups is 1. The Morgan fingerprint density at radius 3 is 2.80 bits per heavy atom. The van der Waals surface area contributed by atoms with Gasteiger partial charge < -0.3 is 20.3 Å². The van der Waals surface area contributed by atoms with Crippen LogP contribution in [0.5, 0.6) is 0 Å². The maximum atomic E-state index is 13.5. The molecule has 1 aromatic heterocycles. The predicted octanol–water partition coefficient (Wildman–Crippen LogP) is -0.375. The molecule has 0 aromatic carbocycles. The second kappa shape index (κ2) is 5.15. The number of fused-ring (bicyclic) bond motifs is 5. The Labute approximate surface area is 144 Å². The van der Waals surface area contributed by atoms with Gasteiger partial charge in [-0.25, -0.2) is 4.90 Å². The van der Waals surface area contributed by atoms with Gasteiger partial charge in [-0.1, -0.05) is 6.42 Å². The molecule has 0 bridgehead atoms. The largest absolute Gasteiger partial charge is 0.622 e. The van der Waals surface area contributed by atoms with Gasteiger partial charge in [0, 0.05) is 37.5 Å². The molecule has 136 valence electrons. The highest BCUT2D eigenvalue weighted by atomic mass is 16.8. The third kappa shape index (κ3) is 1.76. The van der Waals surface area contributed by atoms with Gasteiger partial charge in [0.1, 0.15) is 0 Å². The van der Waals surface area contributed by atoms with E-state index >= 15 is 0 Å². The van der Waals surface area contributed by atoms with Gasteiger partial charge in [-0.2, -0.15) is 4.74 Å². The van der Waals surface area contributed by atoms with Crippen molar-refractivity contribution in [3.05, 3.63) is 21.8 Å². The van der Waals surface area contributed by atoms with E-state index in [1.165, 1.54) is 0 Å². The van der Waals surface area contributed by atoms with Crippen LogP contribution in [0.3, 0.4) is 0 Å². The quantitative estimate of drug-likeness (QED) is 0.543. The fourth-order valence-corrected chi connectivity index (χ4v) is 5.57. The normalized spacial score (nSPS) is 38.4. The van der Waals surface area contributed by atoms with Crippen molar-refractivity contribution < 1.29 is 24.1 Å². The van der Waals surface area contributed by atoms with Gasteiger partial charge in [0.2, 0.25) is 22.7 Å². The molecule has 5 rings (SSSR count). The molecular weight excluding hydrogens is 328 g/mol. The number of aromatic nitrogens is 2. The molecule has 1 saturated carbocycles. The lowest BCUT2D eigenvalue weighted by Crippen LogP contribution is -2.63. The first-order valence-corrected chi connectivity index (χ1v) is 9.08. The van der Waals surface area contributed by atoms with Gasteiger partial charge in [0.05, 0.1) is 19.1 Å². The first-order chi connectivity index (χ1) is 12.1. The minimum absolute atomic E-state index is 0.242. The predicted molar refractivity (Wildman–Crippen MR) is 83.4 cm³/mol. The molecule has 25 heavy (non-hydrogen) atoms. The van der Waals surface area contributed by atoms with E-state index in [-0.39, 0.29) is 11.6 Å². The molecule has 1 saturated heterocycles. The van der Waals surface area contributed by atoms with Crippen molar-refractivity contribution in [3.63, 3.8) is 0 Å². The van der Waals surface area contributed by atoms with Crippen LogP contribution in [-0.2, 0) is 16.8 Å². The van der Waals surface area contributed by atoms with E-state index in [1.807, 2.05) is 0 Å². The molecule has 2 aliphatic heterocycles. The highest BCUT2D eigenvalue weighted by Crippen LogP contribution is 2.55. The first kappa shape index (κ1) is 15.5. The number of rotatable bonds is 1. The van der Waals surface area contributed by atoms with E-state index in [4.69, 9.17) is 9.37 Å². The summed E-state index contributed by atoms with van der Waals surface area (Å²) in [6.07, 6.45) is 4.05. The van der Waals surface area contributed by atoms with E-state index < -0.39 is 11.3 Å². The van der Waals surface area contributed by atoms with Crippen LogP contribution in [0.1, 0.15) is 43.5 Å². The van der Waals surface area contributed by atoms with E-state index in [0.717, 1.165) is 24.0 Å². The van der Waals surface area contributed by atoms with Crippen LogP contribution in [0, 0.1) is 16.3 Å². The number of hydrogen-bond acceptors (Lipinski definition) is 7. The fourth-order valence-electron chi connectivity index (χ4n) is 5.57. The van der Waals surface area contributed by atoms with Crippen LogP contribution >= 0.6 is 0 Å². The third-order valence-corrected chi connectivity index (χ3v) is 6.61. The summed E-state index contributed by atoms with van der Waals surface area (Å²) in [4.78, 5) is 2.55. The molecule has 9 heteroatoms. The SMILES string of the molecule is [O-][N+]1=C2CCc3c(no[n+]3[O-])C2(O)C2CCCCC21N1CCOCC1. The smallest absolute Gasteiger partial charge is 0.263 e. The van der Waals surface area contributed by atoms with Crippen LogP contribution in [-0.4, -0.2) is 57.6 Å². The Balaban J connectivity index is 1.70. The molecular formula is C16H22N4O5. The lowest BCUT2D eigenvalue weighted by molar-refractivity contribution is -0.808. The minimum Gasteiger partial charge on any atom is -0.622 e. The molecule has 1 N–H and O–H groups in total. The number of ether oxygens (including phenoxy) is 1. The Morgan fingerprint density at radius 1 is 1.20 bits per heavy atom. The van der Waals surface area contributed by atoms with Gasteiger partial charge in [-0.05, 0) is 17.7 Å². The van der Waals surface area contributed by atoms with Crippen molar-refractivity contribution in [3.8, 4) is 0 Å². The van der Waals surface area contributed by atoms with Crippen molar-refractivity contribution >= 4 is 5.71 Å². The molecule has 4 aliphatic rings. The molecule has 2 fully saturated rings. The Hall–Kier alpha value is -1.71. The lowest BCUT2D eigenvalue weighted by atomic mass is 9.66. The van der Waals surface area contributed by atoms with Gasteiger partial charge >= 0.3 is 0 Å². The summed E-state index contributed by atoms with van der Waals surface area (Å²) in [5, 5.41) is 41.0. The van der Waals surface area contributed by atoms with Crippen LogP contribution < -0.4 is 4.90 Å². The van der Waals surface area contributed by atoms with Gasteiger partial charge in [-0.3, -0.25) is 4.63 Å². The minimum atomic E-state index is -1.51. The maximum absolute atomic E-state index is 13.5. The average Bonchev–Trinajstić information content (AvgIpc) is 3.12. The molecule has 0 amide bonds. The summed E-state index contributed by atoms with van der Waals surface area (Å²) in [7, 11) is 0. The molecule has 2 aliphatic carbocycles. The second-order valence-corrected chi connectivity index (χ2v) is 7.51. The highest BCUT2D eigenvalue weighted by Gasteiger charge is 2.73. The molecule has 1 aromatic rings. The highest BCUT2D eigenvalue weighted by molar-refractivity contribution is 5.92. The zero-order valence-electron chi connectivity index (χ0n) is 14.0. The number of nitrogens with zero attached hydrogens (tertiary/aromatic N) is 4. The van der Waals surface area contributed by atoms with Gasteiger partial charge in [0.15, 0.2) is 0 Å². The lowest BCUT2D eigenvalue weighted by Gasteiger charge is -2.47. The van der Waals surface area contributed by atoms with E-state index in [9.17, 15) is 15.5 Å². The number of hydrogen-bond donors (Lipinski definition) is 1. The van der Waals surface area contributed by atoms with Crippen molar-refractivity contribution in [1.82, 2.24) is 10.1 Å². The van der Waals surface area contributed by atoms with Crippen LogP contribution in [0.25, 0.3) is 0 Å². The van der Waals surface area contributed by atoms with Gasteiger partial charge in [-0.15, -0.1) is 0 Å². The standard InChI is InChI=1S/C16H22N4O5/c21-16-12-3-1-2-6-15(12,18-7-9-24-10-8-18)19(22)13(16)5-4-11-14(16)17-25-20(11)23/h12,21H,1-10H2. The molecule has 0 spiro atoms. The molecule has 3 atom stereocenters. The summed E-state index contributed by atoms with van der Waals surface area (Å²) in [5.41, 5.74) is -1.25. The summed E-state index contributed by atoms with van der Waals surface area (Å²) < 4.78 is 11.3. The average molecular weight is 350 g/mol. The van der Waals surface area contributed by atoms with Crippen molar-refractivity contribution in [1.29, 1.82) is 0 Å². The zero-order chi connectivity index (χ0) is 17.2. The topological polar surface area (TPSA) is 112 Å². The Kier molecular flexibility index (Phi) is 3.20. The van der Waals surface area contributed by atoms with E-state index in [1.54, 1.807) is 0 Å². The molecule has 9 nitrogen and oxygen atoms in total. The monoisotopic (exact) mass is 350 g/mol. The second-order valence-electron chi connectivity index (χ2n) is 7.51. The molecule has 0 radical (unpaired) electrons. The fraction of sp³-hybridized carbons (Fsp3) is 0.812. The zero-order valence-corrected chi connectivity index (χ0v) is 14.0. The summed E-state index contributed by atoms with van der Waals surface area (Å²) >= 11 is 0. The van der Waals surface area contributed by atoms with Crippen molar-refractivity contribution in [2.45, 2.75) is 49.8 Å². The maximum Gasteiger partial charge on any atom is 0.263 e. The van der Waals surface area contributed by atoms with Gasteiger partial charge in [0.25, 0.3) is 5.69 Å². The number of aliphatic hydroxyl groups is 1.